The number of hydrogen-bond acceptors (Lipinski definition) is 3. The number of aliphatic hydroxyl groups is 1. The number of halogens is 1. The van der Waals surface area contributed by atoms with Crippen molar-refractivity contribution in [3.05, 3.63) is 35.9 Å². The van der Waals surface area contributed by atoms with E-state index in [0.717, 1.165) is 18.8 Å². The van der Waals surface area contributed by atoms with Gasteiger partial charge < -0.3 is 5.11 Å². The Morgan fingerprint density at radius 3 is 3.00 bits per heavy atom. The summed E-state index contributed by atoms with van der Waals surface area (Å²) in [5.41, 5.74) is 0.431. The highest BCUT2D eigenvalue weighted by molar-refractivity contribution is 5.55. The van der Waals surface area contributed by atoms with Crippen molar-refractivity contribution >= 4 is 0 Å². The third kappa shape index (κ3) is 1.90. The predicted molar refractivity (Wildman–Crippen MR) is 64.3 cm³/mol. The molecule has 94 valence electrons. The molecule has 0 aliphatic carbocycles. The van der Waals surface area contributed by atoms with Gasteiger partial charge >= 0.3 is 0 Å². The number of aryl methyl sites for hydroxylation is 1. The summed E-state index contributed by atoms with van der Waals surface area (Å²) in [4.78, 5) is 4.38. The number of aliphatic hydroxyl groups excluding tert-OH is 1. The van der Waals surface area contributed by atoms with E-state index in [2.05, 4.69) is 10.1 Å². The summed E-state index contributed by atoms with van der Waals surface area (Å²) in [6, 6.07) is 6.51. The molecule has 0 saturated heterocycles. The molecular weight excluding hydrogens is 233 g/mol. The summed E-state index contributed by atoms with van der Waals surface area (Å²) < 4.78 is 15.5. The molecule has 2 aromatic rings. The van der Waals surface area contributed by atoms with Crippen LogP contribution in [0.15, 0.2) is 24.3 Å². The van der Waals surface area contributed by atoms with E-state index in [-0.39, 0.29) is 18.3 Å². The van der Waals surface area contributed by atoms with E-state index in [1.807, 2.05) is 4.68 Å². The van der Waals surface area contributed by atoms with E-state index < -0.39 is 0 Å². The normalized spacial score (nSPS) is 18.7. The average Bonchev–Trinajstić information content (AvgIpc) is 2.81. The number of benzene rings is 1. The fourth-order valence-corrected chi connectivity index (χ4v) is 2.28. The fraction of sp³-hybridized carbons (Fsp3) is 0.385. The highest BCUT2D eigenvalue weighted by atomic mass is 19.1. The number of hydrogen-bond donors (Lipinski definition) is 1. The van der Waals surface area contributed by atoms with Crippen LogP contribution in [0.2, 0.25) is 0 Å². The smallest absolute Gasteiger partial charge is 0.184 e. The van der Waals surface area contributed by atoms with Crippen molar-refractivity contribution in [1.82, 2.24) is 14.8 Å². The Kier molecular flexibility index (Phi) is 2.83. The fourth-order valence-electron chi connectivity index (χ4n) is 2.28. The zero-order valence-electron chi connectivity index (χ0n) is 9.88. The number of fused-ring (bicyclic) bond motifs is 1. The minimum absolute atomic E-state index is 0.169. The summed E-state index contributed by atoms with van der Waals surface area (Å²) in [6.07, 6.45) is 1.60. The Balaban J connectivity index is 1.97. The monoisotopic (exact) mass is 247 g/mol. The van der Waals surface area contributed by atoms with Gasteiger partial charge in [-0.3, -0.25) is 0 Å². The first kappa shape index (κ1) is 11.3. The Bertz CT molecular complexity index is 567. The highest BCUT2D eigenvalue weighted by Gasteiger charge is 2.22. The van der Waals surface area contributed by atoms with E-state index in [4.69, 9.17) is 5.11 Å². The molecule has 1 aliphatic rings. The molecule has 1 N–H and O–H groups in total. The molecular formula is C13H14FN3O. The van der Waals surface area contributed by atoms with Crippen LogP contribution in [0, 0.1) is 11.7 Å². The molecule has 0 fully saturated rings. The first-order chi connectivity index (χ1) is 8.78. The molecule has 0 bridgehead atoms. The summed E-state index contributed by atoms with van der Waals surface area (Å²) in [5, 5.41) is 13.5. The molecule has 2 heterocycles. The third-order valence-electron chi connectivity index (χ3n) is 3.34. The quantitative estimate of drug-likeness (QED) is 0.877. The van der Waals surface area contributed by atoms with Gasteiger partial charge in [-0.05, 0) is 24.5 Å². The lowest BCUT2D eigenvalue weighted by atomic mass is 9.99. The lowest BCUT2D eigenvalue weighted by Gasteiger charge is -2.19. The van der Waals surface area contributed by atoms with Crippen LogP contribution < -0.4 is 0 Å². The van der Waals surface area contributed by atoms with Crippen LogP contribution in [-0.2, 0) is 13.0 Å². The van der Waals surface area contributed by atoms with Crippen LogP contribution in [0.1, 0.15) is 12.2 Å². The molecule has 1 aromatic heterocycles. The minimum atomic E-state index is -0.306. The second-order valence-electron chi connectivity index (χ2n) is 4.60. The SMILES string of the molecule is OCC1CCn2nc(-c3ccccc3F)nc2C1. The summed E-state index contributed by atoms with van der Waals surface area (Å²) in [6.45, 7) is 0.907. The lowest BCUT2D eigenvalue weighted by molar-refractivity contribution is 0.196. The van der Waals surface area contributed by atoms with E-state index in [9.17, 15) is 4.39 Å². The van der Waals surface area contributed by atoms with Gasteiger partial charge in [0.2, 0.25) is 0 Å². The van der Waals surface area contributed by atoms with Crippen molar-refractivity contribution in [3.63, 3.8) is 0 Å². The predicted octanol–water partition coefficient (Wildman–Crippen LogP) is 1.64. The topological polar surface area (TPSA) is 50.9 Å². The van der Waals surface area contributed by atoms with Gasteiger partial charge in [-0.1, -0.05) is 12.1 Å². The van der Waals surface area contributed by atoms with Gasteiger partial charge in [0.25, 0.3) is 0 Å². The molecule has 0 amide bonds. The molecule has 1 unspecified atom stereocenters. The van der Waals surface area contributed by atoms with E-state index in [1.54, 1.807) is 18.2 Å². The van der Waals surface area contributed by atoms with Gasteiger partial charge in [0.1, 0.15) is 11.6 Å². The van der Waals surface area contributed by atoms with Crippen LogP contribution in [-0.4, -0.2) is 26.5 Å². The highest BCUT2D eigenvalue weighted by Crippen LogP contribution is 2.23. The lowest BCUT2D eigenvalue weighted by Crippen LogP contribution is -2.22. The van der Waals surface area contributed by atoms with Gasteiger partial charge in [-0.15, -0.1) is 0 Å². The number of nitrogens with zero attached hydrogens (tertiary/aromatic N) is 3. The number of rotatable bonds is 2. The second-order valence-corrected chi connectivity index (χ2v) is 4.60. The molecule has 0 saturated carbocycles. The Morgan fingerprint density at radius 2 is 2.22 bits per heavy atom. The van der Waals surface area contributed by atoms with Crippen molar-refractivity contribution in [2.75, 3.05) is 6.61 Å². The molecule has 1 aromatic carbocycles. The van der Waals surface area contributed by atoms with Gasteiger partial charge in [0.15, 0.2) is 5.82 Å². The second kappa shape index (κ2) is 4.49. The molecule has 18 heavy (non-hydrogen) atoms. The van der Waals surface area contributed by atoms with Crippen molar-refractivity contribution in [2.45, 2.75) is 19.4 Å². The first-order valence-electron chi connectivity index (χ1n) is 6.07. The molecule has 5 heteroatoms. The van der Waals surface area contributed by atoms with Crippen molar-refractivity contribution in [2.24, 2.45) is 5.92 Å². The average molecular weight is 247 g/mol. The van der Waals surface area contributed by atoms with Gasteiger partial charge in [0.05, 0.1) is 5.56 Å². The van der Waals surface area contributed by atoms with Crippen LogP contribution in [0.3, 0.4) is 0 Å². The van der Waals surface area contributed by atoms with Crippen LogP contribution in [0.25, 0.3) is 11.4 Å². The summed E-state index contributed by atoms with van der Waals surface area (Å²) in [7, 11) is 0. The van der Waals surface area contributed by atoms with Crippen LogP contribution in [0.4, 0.5) is 4.39 Å². The standard InChI is InChI=1S/C13H14FN3O/c14-11-4-2-1-3-10(11)13-15-12-7-9(8-18)5-6-17(12)16-13/h1-4,9,18H,5-8H2. The Labute approximate surface area is 104 Å². The minimum Gasteiger partial charge on any atom is -0.396 e. The molecule has 1 aliphatic heterocycles. The van der Waals surface area contributed by atoms with Gasteiger partial charge in [-0.25, -0.2) is 14.1 Å². The Morgan fingerprint density at radius 1 is 1.39 bits per heavy atom. The molecule has 3 rings (SSSR count). The molecule has 0 spiro atoms. The van der Waals surface area contributed by atoms with Crippen molar-refractivity contribution in [3.8, 4) is 11.4 Å². The summed E-state index contributed by atoms with van der Waals surface area (Å²) in [5.74, 6) is 1.20. The van der Waals surface area contributed by atoms with E-state index in [1.165, 1.54) is 6.07 Å². The Hall–Kier alpha value is -1.75. The molecule has 1 atom stereocenters. The van der Waals surface area contributed by atoms with Gasteiger partial charge in [-0.2, -0.15) is 5.10 Å². The third-order valence-corrected chi connectivity index (χ3v) is 3.34. The first-order valence-corrected chi connectivity index (χ1v) is 6.07. The zero-order valence-corrected chi connectivity index (χ0v) is 9.88. The number of aromatic nitrogens is 3. The summed E-state index contributed by atoms with van der Waals surface area (Å²) >= 11 is 0. The van der Waals surface area contributed by atoms with Crippen LogP contribution in [0.5, 0.6) is 0 Å². The maximum Gasteiger partial charge on any atom is 0.184 e. The van der Waals surface area contributed by atoms with Crippen LogP contribution >= 0.6 is 0 Å². The zero-order chi connectivity index (χ0) is 12.5. The van der Waals surface area contributed by atoms with E-state index >= 15 is 0 Å². The van der Waals surface area contributed by atoms with Gasteiger partial charge in [0, 0.05) is 19.6 Å². The molecule has 0 radical (unpaired) electrons. The maximum atomic E-state index is 13.7. The maximum absolute atomic E-state index is 13.7. The van der Waals surface area contributed by atoms with Crippen molar-refractivity contribution < 1.29 is 9.50 Å². The molecule has 4 nitrogen and oxygen atoms in total. The van der Waals surface area contributed by atoms with Crippen molar-refractivity contribution in [1.29, 1.82) is 0 Å². The van der Waals surface area contributed by atoms with E-state index in [0.29, 0.717) is 17.8 Å². The largest absolute Gasteiger partial charge is 0.396 e.